The molecule has 0 radical (unpaired) electrons. The van der Waals surface area contributed by atoms with Crippen LogP contribution in [-0.2, 0) is 0 Å². The first-order chi connectivity index (χ1) is 13.4. The predicted octanol–water partition coefficient (Wildman–Crippen LogP) is 2.36. The van der Waals surface area contributed by atoms with E-state index in [2.05, 4.69) is 9.97 Å². The van der Waals surface area contributed by atoms with E-state index in [0.717, 1.165) is 11.1 Å². The van der Waals surface area contributed by atoms with Crippen molar-refractivity contribution < 1.29 is 9.90 Å². The van der Waals surface area contributed by atoms with Gasteiger partial charge in [-0.05, 0) is 30.7 Å². The number of aromatic nitrogens is 3. The highest BCUT2D eigenvalue weighted by Crippen LogP contribution is 2.33. The van der Waals surface area contributed by atoms with Crippen molar-refractivity contribution in [3.05, 3.63) is 59.8 Å². The fraction of sp³-hybridized carbons (Fsp3) is 0.0500. The maximum Gasteiger partial charge on any atom is 0.254 e. The Hall–Kier alpha value is -4.07. The molecule has 0 saturated carbocycles. The zero-order chi connectivity index (χ0) is 20.0. The summed E-state index contributed by atoms with van der Waals surface area (Å²) >= 11 is 0. The third-order valence-electron chi connectivity index (χ3n) is 4.56. The van der Waals surface area contributed by atoms with Gasteiger partial charge in [-0.15, -0.1) is 0 Å². The summed E-state index contributed by atoms with van der Waals surface area (Å²) in [6, 6.07) is 12.1. The van der Waals surface area contributed by atoms with E-state index < -0.39 is 5.91 Å². The van der Waals surface area contributed by atoms with Gasteiger partial charge in [-0.25, -0.2) is 9.97 Å². The Balaban J connectivity index is 2.08. The number of primary amides is 1. The molecule has 140 valence electrons. The Kier molecular flexibility index (Phi) is 3.89. The number of carbonyl (C=O) groups excluding carboxylic acids is 1. The first-order valence-corrected chi connectivity index (χ1v) is 8.49. The van der Waals surface area contributed by atoms with Crippen molar-refractivity contribution in [1.82, 2.24) is 14.5 Å². The quantitative estimate of drug-likeness (QED) is 0.405. The topological polar surface area (TPSA) is 146 Å². The third kappa shape index (κ3) is 2.67. The fourth-order valence-electron chi connectivity index (χ4n) is 3.22. The SMILES string of the molecule is Cc1ccc(O)cc1-n1c(N)c(C(N)=O)c2ncc(-c3cccc(N)c3)nc21. The minimum atomic E-state index is -0.704. The number of fused-ring (bicyclic) bond motifs is 1. The monoisotopic (exact) mass is 374 g/mol. The number of aryl methyl sites for hydroxylation is 1. The first-order valence-electron chi connectivity index (χ1n) is 8.49. The number of hydrogen-bond donors (Lipinski definition) is 4. The molecule has 2 heterocycles. The van der Waals surface area contributed by atoms with Crippen molar-refractivity contribution in [3.8, 4) is 22.7 Å². The van der Waals surface area contributed by atoms with E-state index in [1.807, 2.05) is 19.1 Å². The maximum absolute atomic E-state index is 12.0. The van der Waals surface area contributed by atoms with Crippen LogP contribution in [0.15, 0.2) is 48.7 Å². The smallest absolute Gasteiger partial charge is 0.254 e. The van der Waals surface area contributed by atoms with Gasteiger partial charge in [-0.2, -0.15) is 0 Å². The molecule has 0 atom stereocenters. The van der Waals surface area contributed by atoms with Crippen LogP contribution in [0.5, 0.6) is 5.75 Å². The highest BCUT2D eigenvalue weighted by molar-refractivity contribution is 6.09. The Bertz CT molecular complexity index is 1250. The molecule has 0 saturated heterocycles. The van der Waals surface area contributed by atoms with Gasteiger partial charge in [0.25, 0.3) is 5.91 Å². The summed E-state index contributed by atoms with van der Waals surface area (Å²) in [5.74, 6) is -0.534. The molecule has 0 aliphatic rings. The molecule has 8 nitrogen and oxygen atoms in total. The lowest BCUT2D eigenvalue weighted by Crippen LogP contribution is -2.14. The number of aromatic hydroxyl groups is 1. The molecule has 4 aromatic rings. The standard InChI is InChI=1S/C20H18N6O2/c1-10-5-6-13(27)8-15(10)26-18(22)16(19(23)28)17-20(26)25-14(9-24-17)11-3-2-4-12(21)7-11/h2-9,27H,21-22H2,1H3,(H2,23,28). The molecule has 1 amide bonds. The van der Waals surface area contributed by atoms with Gasteiger partial charge >= 0.3 is 0 Å². The largest absolute Gasteiger partial charge is 0.508 e. The zero-order valence-corrected chi connectivity index (χ0v) is 15.0. The van der Waals surface area contributed by atoms with E-state index in [1.54, 1.807) is 41.1 Å². The number of nitrogens with two attached hydrogens (primary N) is 3. The minimum Gasteiger partial charge on any atom is -0.508 e. The lowest BCUT2D eigenvalue weighted by atomic mass is 10.1. The number of nitrogens with zero attached hydrogens (tertiary/aromatic N) is 3. The van der Waals surface area contributed by atoms with E-state index in [-0.39, 0.29) is 17.1 Å². The van der Waals surface area contributed by atoms with E-state index in [1.165, 1.54) is 0 Å². The number of phenolic OH excluding ortho intramolecular Hbond substituents is 1. The highest BCUT2D eigenvalue weighted by Gasteiger charge is 2.24. The summed E-state index contributed by atoms with van der Waals surface area (Å²) < 4.78 is 1.58. The molecular formula is C20H18N6O2. The second-order valence-corrected chi connectivity index (χ2v) is 6.48. The summed E-state index contributed by atoms with van der Waals surface area (Å²) in [6.07, 6.45) is 1.54. The van der Waals surface area contributed by atoms with Crippen molar-refractivity contribution in [1.29, 1.82) is 0 Å². The number of benzene rings is 2. The zero-order valence-electron chi connectivity index (χ0n) is 15.0. The number of amides is 1. The predicted molar refractivity (Wildman–Crippen MR) is 108 cm³/mol. The normalized spacial score (nSPS) is 11.0. The van der Waals surface area contributed by atoms with Crippen molar-refractivity contribution in [3.63, 3.8) is 0 Å². The van der Waals surface area contributed by atoms with Crippen molar-refractivity contribution in [2.75, 3.05) is 11.5 Å². The molecule has 28 heavy (non-hydrogen) atoms. The molecule has 2 aromatic heterocycles. The minimum absolute atomic E-state index is 0.0578. The molecule has 4 rings (SSSR count). The Labute approximate surface area is 160 Å². The number of phenols is 1. The van der Waals surface area contributed by atoms with Gasteiger partial charge in [0.2, 0.25) is 0 Å². The molecule has 0 unspecified atom stereocenters. The van der Waals surface area contributed by atoms with Crippen molar-refractivity contribution in [2.45, 2.75) is 6.92 Å². The van der Waals surface area contributed by atoms with Crippen molar-refractivity contribution in [2.24, 2.45) is 5.73 Å². The maximum atomic E-state index is 12.0. The molecule has 2 aromatic carbocycles. The molecule has 0 bridgehead atoms. The van der Waals surface area contributed by atoms with Gasteiger partial charge in [0.15, 0.2) is 5.65 Å². The van der Waals surface area contributed by atoms with Crippen LogP contribution in [-0.4, -0.2) is 25.5 Å². The average Bonchev–Trinajstić information content (AvgIpc) is 2.95. The number of anilines is 2. The van der Waals surface area contributed by atoms with Gasteiger partial charge in [0.05, 0.1) is 17.6 Å². The van der Waals surface area contributed by atoms with E-state index in [4.69, 9.17) is 17.2 Å². The van der Waals surface area contributed by atoms with Gasteiger partial charge in [0, 0.05) is 17.3 Å². The summed E-state index contributed by atoms with van der Waals surface area (Å²) in [5.41, 5.74) is 21.7. The number of carbonyl (C=O) groups is 1. The highest BCUT2D eigenvalue weighted by atomic mass is 16.3. The molecule has 0 spiro atoms. The number of hydrogen-bond acceptors (Lipinski definition) is 6. The van der Waals surface area contributed by atoms with Crippen LogP contribution in [0, 0.1) is 6.92 Å². The summed E-state index contributed by atoms with van der Waals surface area (Å²) in [7, 11) is 0. The van der Waals surface area contributed by atoms with E-state index in [9.17, 15) is 9.90 Å². The van der Waals surface area contributed by atoms with Crippen LogP contribution in [0.1, 0.15) is 15.9 Å². The second-order valence-electron chi connectivity index (χ2n) is 6.48. The van der Waals surface area contributed by atoms with Crippen LogP contribution in [0.25, 0.3) is 28.1 Å². The lowest BCUT2D eigenvalue weighted by molar-refractivity contribution is 0.100. The van der Waals surface area contributed by atoms with E-state index in [0.29, 0.717) is 28.2 Å². The van der Waals surface area contributed by atoms with Gasteiger partial charge in [-0.1, -0.05) is 18.2 Å². The van der Waals surface area contributed by atoms with Crippen LogP contribution >= 0.6 is 0 Å². The molecule has 0 aliphatic carbocycles. The van der Waals surface area contributed by atoms with Gasteiger partial charge in [0.1, 0.15) is 22.6 Å². The van der Waals surface area contributed by atoms with Gasteiger partial charge in [-0.3, -0.25) is 9.36 Å². The van der Waals surface area contributed by atoms with Crippen LogP contribution in [0.3, 0.4) is 0 Å². The van der Waals surface area contributed by atoms with Crippen LogP contribution in [0.4, 0.5) is 11.5 Å². The Morgan fingerprint density at radius 2 is 1.93 bits per heavy atom. The third-order valence-corrected chi connectivity index (χ3v) is 4.56. The van der Waals surface area contributed by atoms with Gasteiger partial charge < -0.3 is 22.3 Å². The van der Waals surface area contributed by atoms with E-state index >= 15 is 0 Å². The summed E-state index contributed by atoms with van der Waals surface area (Å²) in [5, 5.41) is 9.95. The molecule has 0 aliphatic heterocycles. The Morgan fingerprint density at radius 3 is 2.64 bits per heavy atom. The number of rotatable bonds is 3. The van der Waals surface area contributed by atoms with Crippen LogP contribution in [0.2, 0.25) is 0 Å². The van der Waals surface area contributed by atoms with Crippen molar-refractivity contribution >= 4 is 28.6 Å². The summed E-state index contributed by atoms with van der Waals surface area (Å²) in [6.45, 7) is 1.86. The Morgan fingerprint density at radius 1 is 1.14 bits per heavy atom. The number of nitrogen functional groups attached to an aromatic ring is 2. The van der Waals surface area contributed by atoms with Crippen LogP contribution < -0.4 is 17.2 Å². The fourth-order valence-corrected chi connectivity index (χ4v) is 3.22. The second kappa shape index (κ2) is 6.27. The lowest BCUT2D eigenvalue weighted by Gasteiger charge is -2.11. The first kappa shape index (κ1) is 17.3. The molecule has 7 N–H and O–H groups in total. The average molecular weight is 374 g/mol. The summed E-state index contributed by atoms with van der Waals surface area (Å²) in [4.78, 5) is 21.1. The molecule has 0 fully saturated rings. The molecule has 8 heteroatoms. The molecular weight excluding hydrogens is 356 g/mol.